The van der Waals surface area contributed by atoms with Gasteiger partial charge in [-0.3, -0.25) is 0 Å². The zero-order valence-corrected chi connectivity index (χ0v) is 16.9. The van der Waals surface area contributed by atoms with Crippen molar-refractivity contribution in [2.75, 3.05) is 13.3 Å². The van der Waals surface area contributed by atoms with Crippen LogP contribution in [-0.4, -0.2) is 47.9 Å². The molecule has 0 N–H and O–H groups in total. The Bertz CT molecular complexity index is 1380. The number of nitrogens with zero attached hydrogens (tertiary/aromatic N) is 7. The van der Waals surface area contributed by atoms with E-state index in [2.05, 4.69) is 20.4 Å². The molecule has 29 heavy (non-hydrogen) atoms. The van der Waals surface area contributed by atoms with Gasteiger partial charge in [-0.25, -0.2) is 19.2 Å². The highest BCUT2D eigenvalue weighted by atomic mass is 31.2. The summed E-state index contributed by atoms with van der Waals surface area (Å²) in [4.78, 5) is 9.13. The lowest BCUT2D eigenvalue weighted by molar-refractivity contribution is 0.588. The van der Waals surface area contributed by atoms with Gasteiger partial charge in [-0.1, -0.05) is 35.5 Å². The van der Waals surface area contributed by atoms with Crippen LogP contribution >= 0.6 is 7.14 Å². The van der Waals surface area contributed by atoms with Gasteiger partial charge in [-0.05, 0) is 31.0 Å². The van der Waals surface area contributed by atoms with Crippen LogP contribution in [0.5, 0.6) is 0 Å². The fourth-order valence-electron chi connectivity index (χ4n) is 3.22. The normalized spacial score (nSPS) is 12.1. The molecule has 4 heterocycles. The predicted octanol–water partition coefficient (Wildman–Crippen LogP) is 2.83. The van der Waals surface area contributed by atoms with E-state index in [1.807, 2.05) is 53.2 Å². The van der Waals surface area contributed by atoms with Gasteiger partial charge in [-0.15, -0.1) is 5.10 Å². The summed E-state index contributed by atoms with van der Waals surface area (Å²) in [6, 6.07) is 13.6. The lowest BCUT2D eigenvalue weighted by Crippen LogP contribution is -2.05. The summed E-state index contributed by atoms with van der Waals surface area (Å²) < 4.78 is 15.8. The minimum atomic E-state index is -2.29. The summed E-state index contributed by atoms with van der Waals surface area (Å²) in [6.07, 6.45) is 5.42. The van der Waals surface area contributed by atoms with Crippen molar-refractivity contribution in [2.45, 2.75) is 6.54 Å². The van der Waals surface area contributed by atoms with Crippen LogP contribution in [0.3, 0.4) is 0 Å². The van der Waals surface area contributed by atoms with E-state index in [4.69, 9.17) is 4.98 Å². The largest absolute Gasteiger partial charge is 0.319 e. The molecule has 0 saturated heterocycles. The first-order valence-corrected chi connectivity index (χ1v) is 11.7. The summed E-state index contributed by atoms with van der Waals surface area (Å²) in [5.74, 6) is 0. The quantitative estimate of drug-likeness (QED) is 0.429. The molecule has 1 aromatic carbocycles. The molecule has 0 aliphatic carbocycles. The molecule has 5 aromatic rings. The molecule has 9 heteroatoms. The average Bonchev–Trinajstić information content (AvgIpc) is 3.34. The van der Waals surface area contributed by atoms with Crippen molar-refractivity contribution < 1.29 is 4.57 Å². The second kappa shape index (κ2) is 6.60. The average molecular weight is 403 g/mol. The van der Waals surface area contributed by atoms with Crippen LogP contribution in [0.25, 0.3) is 28.1 Å². The molecule has 0 atom stereocenters. The number of hydrogen-bond acceptors (Lipinski definition) is 6. The Morgan fingerprint density at radius 3 is 2.66 bits per heavy atom. The van der Waals surface area contributed by atoms with Gasteiger partial charge in [0, 0.05) is 23.3 Å². The van der Waals surface area contributed by atoms with E-state index in [1.165, 1.54) is 0 Å². The van der Waals surface area contributed by atoms with Crippen LogP contribution < -0.4 is 5.30 Å². The summed E-state index contributed by atoms with van der Waals surface area (Å²) in [5.41, 5.74) is 4.80. The first-order chi connectivity index (χ1) is 14.0. The third-order valence-corrected chi connectivity index (χ3v) is 6.34. The van der Waals surface area contributed by atoms with E-state index in [0.717, 1.165) is 27.6 Å². The molecule has 0 spiro atoms. The maximum Gasteiger partial charge on any atom is 0.221 e. The van der Waals surface area contributed by atoms with E-state index in [-0.39, 0.29) is 0 Å². The van der Waals surface area contributed by atoms with E-state index in [9.17, 15) is 4.57 Å². The molecule has 0 saturated carbocycles. The van der Waals surface area contributed by atoms with Crippen molar-refractivity contribution in [1.29, 1.82) is 0 Å². The van der Waals surface area contributed by atoms with Crippen LogP contribution in [0.2, 0.25) is 0 Å². The number of benzene rings is 1. The lowest BCUT2D eigenvalue weighted by Gasteiger charge is -2.08. The van der Waals surface area contributed by atoms with Crippen LogP contribution in [0.1, 0.15) is 5.56 Å². The van der Waals surface area contributed by atoms with Crippen LogP contribution in [0.4, 0.5) is 0 Å². The maximum absolute atomic E-state index is 12.2. The number of hydrogen-bond donors (Lipinski definition) is 0. The van der Waals surface area contributed by atoms with Crippen molar-refractivity contribution in [2.24, 2.45) is 0 Å². The standard InChI is InChI=1S/C20H18N7OP/c1-29(2,28)17-7-4-15(5-8-17)18-11-21-19-20(23-18)27(25-24-19)13-14-3-6-16-9-10-22-26(16)12-14/h3-12H,13H2,1-2H3. The zero-order chi connectivity index (χ0) is 20.0. The predicted molar refractivity (Wildman–Crippen MR) is 112 cm³/mol. The number of aromatic nitrogens is 7. The lowest BCUT2D eigenvalue weighted by atomic mass is 10.2. The number of pyridine rings is 1. The second-order valence-corrected chi connectivity index (χ2v) is 10.5. The van der Waals surface area contributed by atoms with Gasteiger partial charge in [0.1, 0.15) is 7.14 Å². The summed E-state index contributed by atoms with van der Waals surface area (Å²) in [5, 5.41) is 13.5. The minimum absolute atomic E-state index is 0.497. The highest BCUT2D eigenvalue weighted by Gasteiger charge is 2.13. The van der Waals surface area contributed by atoms with E-state index in [1.54, 1.807) is 30.4 Å². The first kappa shape index (κ1) is 17.7. The highest BCUT2D eigenvalue weighted by molar-refractivity contribution is 7.70. The SMILES string of the molecule is CP(C)(=O)c1ccc(-c2cnc3nnn(Cc4ccc5ccnn5c4)c3n2)cc1. The highest BCUT2D eigenvalue weighted by Crippen LogP contribution is 2.34. The van der Waals surface area contributed by atoms with Crippen molar-refractivity contribution in [3.05, 3.63) is 66.6 Å². The van der Waals surface area contributed by atoms with Gasteiger partial charge in [0.05, 0.1) is 24.0 Å². The molecule has 0 amide bonds. The van der Waals surface area contributed by atoms with Crippen LogP contribution in [0, 0.1) is 0 Å². The molecule has 0 aliphatic rings. The molecule has 5 rings (SSSR count). The Morgan fingerprint density at radius 1 is 1.03 bits per heavy atom. The Kier molecular flexibility index (Phi) is 4.03. The van der Waals surface area contributed by atoms with Crippen molar-refractivity contribution in [1.82, 2.24) is 34.6 Å². The van der Waals surface area contributed by atoms with Gasteiger partial charge < -0.3 is 4.57 Å². The van der Waals surface area contributed by atoms with Gasteiger partial charge in [0.2, 0.25) is 5.65 Å². The Morgan fingerprint density at radius 2 is 1.86 bits per heavy atom. The fourth-order valence-corrected chi connectivity index (χ4v) is 4.08. The molecule has 0 fully saturated rings. The molecular weight excluding hydrogens is 385 g/mol. The second-order valence-electron chi connectivity index (χ2n) is 7.29. The third-order valence-electron chi connectivity index (χ3n) is 4.80. The van der Waals surface area contributed by atoms with Gasteiger partial charge in [0.15, 0.2) is 5.65 Å². The van der Waals surface area contributed by atoms with Crippen LogP contribution in [0.15, 0.2) is 61.1 Å². The summed E-state index contributed by atoms with van der Waals surface area (Å²) in [6.45, 7) is 4.04. The van der Waals surface area contributed by atoms with E-state index in [0.29, 0.717) is 17.8 Å². The van der Waals surface area contributed by atoms with Crippen molar-refractivity contribution >= 4 is 29.3 Å². The minimum Gasteiger partial charge on any atom is -0.319 e. The molecule has 0 radical (unpaired) electrons. The molecule has 0 bridgehead atoms. The zero-order valence-electron chi connectivity index (χ0n) is 16.0. The smallest absolute Gasteiger partial charge is 0.221 e. The van der Waals surface area contributed by atoms with Gasteiger partial charge in [-0.2, -0.15) is 5.10 Å². The Hall–Kier alpha value is -3.38. The van der Waals surface area contributed by atoms with Crippen molar-refractivity contribution in [3.8, 4) is 11.3 Å². The maximum atomic E-state index is 12.2. The van der Waals surface area contributed by atoms with Crippen LogP contribution in [-0.2, 0) is 11.1 Å². The number of fused-ring (bicyclic) bond motifs is 2. The van der Waals surface area contributed by atoms with E-state index >= 15 is 0 Å². The molecular formula is C20H18N7OP. The first-order valence-electron chi connectivity index (χ1n) is 9.12. The number of rotatable bonds is 4. The van der Waals surface area contributed by atoms with E-state index < -0.39 is 7.14 Å². The fraction of sp³-hybridized carbons (Fsp3) is 0.150. The molecule has 144 valence electrons. The molecule has 0 unspecified atom stereocenters. The summed E-state index contributed by atoms with van der Waals surface area (Å²) in [7, 11) is -2.29. The molecule has 8 nitrogen and oxygen atoms in total. The third kappa shape index (κ3) is 3.32. The van der Waals surface area contributed by atoms with Gasteiger partial charge >= 0.3 is 0 Å². The summed E-state index contributed by atoms with van der Waals surface area (Å²) >= 11 is 0. The molecule has 4 aromatic heterocycles. The topological polar surface area (TPSA) is 90.9 Å². The Labute approximate surface area is 166 Å². The van der Waals surface area contributed by atoms with Crippen molar-refractivity contribution in [3.63, 3.8) is 0 Å². The Balaban J connectivity index is 1.50. The monoisotopic (exact) mass is 403 g/mol. The van der Waals surface area contributed by atoms with Gasteiger partial charge in [0.25, 0.3) is 0 Å². The molecule has 0 aliphatic heterocycles.